The van der Waals surface area contributed by atoms with Gasteiger partial charge >= 0.3 is 0 Å². The average Bonchev–Trinajstić information content (AvgIpc) is 3.01. The zero-order chi connectivity index (χ0) is 23.4. The summed E-state index contributed by atoms with van der Waals surface area (Å²) in [6.45, 7) is 6.60. The van der Waals surface area contributed by atoms with Gasteiger partial charge in [-0.05, 0) is 51.0 Å². The normalized spacial score (nSPS) is 17.9. The summed E-state index contributed by atoms with van der Waals surface area (Å²) in [5.41, 5.74) is 1.98. The molecule has 0 aromatic heterocycles. The third-order valence-corrected chi connectivity index (χ3v) is 5.65. The maximum Gasteiger partial charge on any atom is 0.295 e. The Morgan fingerprint density at radius 1 is 1.19 bits per heavy atom. The van der Waals surface area contributed by atoms with Gasteiger partial charge in [-0.1, -0.05) is 41.4 Å². The molecule has 1 atom stereocenters. The Balaban J connectivity index is 2.09. The topological polar surface area (TPSA) is 76.1 Å². The number of rotatable bonds is 8. The molecule has 1 saturated heterocycles. The number of hydrogen-bond donors (Lipinski definition) is 1. The van der Waals surface area contributed by atoms with Crippen LogP contribution >= 0.6 is 11.6 Å². The minimum absolute atomic E-state index is 0.0144. The molecule has 2 aromatic carbocycles. The highest BCUT2D eigenvalue weighted by atomic mass is 35.5. The lowest BCUT2D eigenvalue weighted by Crippen LogP contribution is -2.31. The van der Waals surface area contributed by atoms with Crippen LogP contribution in [0, 0.1) is 6.92 Å². The number of ketones is 1. The van der Waals surface area contributed by atoms with E-state index >= 15 is 0 Å². The number of nitrogens with zero attached hydrogens (tertiary/aromatic N) is 1. The number of aliphatic hydroxyl groups is 1. The van der Waals surface area contributed by atoms with E-state index < -0.39 is 17.7 Å². The summed E-state index contributed by atoms with van der Waals surface area (Å²) in [7, 11) is 1.50. The molecule has 170 valence electrons. The number of hydrogen-bond acceptors (Lipinski definition) is 5. The van der Waals surface area contributed by atoms with Crippen molar-refractivity contribution in [1.29, 1.82) is 0 Å². The molecule has 1 aliphatic rings. The molecule has 0 aliphatic carbocycles. The van der Waals surface area contributed by atoms with Gasteiger partial charge in [0.2, 0.25) is 0 Å². The van der Waals surface area contributed by atoms with Gasteiger partial charge in [0.05, 0.1) is 29.9 Å². The van der Waals surface area contributed by atoms with E-state index in [1.165, 1.54) is 12.0 Å². The minimum Gasteiger partial charge on any atom is -0.507 e. The van der Waals surface area contributed by atoms with Crippen LogP contribution in [0.3, 0.4) is 0 Å². The van der Waals surface area contributed by atoms with Crippen LogP contribution in [0.4, 0.5) is 0 Å². The maximum absolute atomic E-state index is 13.1. The molecule has 2 aromatic rings. The monoisotopic (exact) mass is 457 g/mol. The first-order chi connectivity index (χ1) is 15.2. The number of halogens is 1. The second kappa shape index (κ2) is 10.2. The van der Waals surface area contributed by atoms with Crippen molar-refractivity contribution in [2.75, 3.05) is 20.3 Å². The smallest absolute Gasteiger partial charge is 0.295 e. The van der Waals surface area contributed by atoms with Crippen molar-refractivity contribution in [3.8, 4) is 5.75 Å². The molecule has 7 heteroatoms. The lowest BCUT2D eigenvalue weighted by atomic mass is 9.94. The fourth-order valence-electron chi connectivity index (χ4n) is 3.81. The zero-order valence-electron chi connectivity index (χ0n) is 18.7. The molecule has 1 N–H and O–H groups in total. The Hall–Kier alpha value is -2.83. The number of Topliss-reactive ketones (excluding diaryl/α,β-unsaturated/α-hetero) is 1. The van der Waals surface area contributed by atoms with E-state index in [-0.39, 0.29) is 28.0 Å². The molecule has 32 heavy (non-hydrogen) atoms. The van der Waals surface area contributed by atoms with Gasteiger partial charge in [0, 0.05) is 18.7 Å². The van der Waals surface area contributed by atoms with Crippen LogP contribution in [0.1, 0.15) is 43.0 Å². The number of carbonyl (C=O) groups excluding carboxylic acids is 2. The summed E-state index contributed by atoms with van der Waals surface area (Å²) in [5, 5.41) is 11.4. The van der Waals surface area contributed by atoms with Gasteiger partial charge in [0.25, 0.3) is 11.7 Å². The largest absolute Gasteiger partial charge is 0.507 e. The third kappa shape index (κ3) is 4.97. The Kier molecular flexibility index (Phi) is 7.59. The average molecular weight is 458 g/mol. The van der Waals surface area contributed by atoms with E-state index in [0.717, 1.165) is 11.1 Å². The van der Waals surface area contributed by atoms with Crippen molar-refractivity contribution >= 4 is 29.1 Å². The predicted molar refractivity (Wildman–Crippen MR) is 124 cm³/mol. The molecular weight excluding hydrogens is 430 g/mol. The molecule has 1 amide bonds. The Bertz CT molecular complexity index is 1050. The summed E-state index contributed by atoms with van der Waals surface area (Å²) >= 11 is 6.32. The second-order valence-corrected chi connectivity index (χ2v) is 8.43. The molecule has 1 heterocycles. The van der Waals surface area contributed by atoms with Crippen LogP contribution in [-0.4, -0.2) is 48.1 Å². The first kappa shape index (κ1) is 23.8. The number of ether oxygens (including phenoxy) is 2. The predicted octanol–water partition coefficient (Wildman–Crippen LogP) is 4.89. The number of carbonyl (C=O) groups is 2. The van der Waals surface area contributed by atoms with E-state index in [4.69, 9.17) is 21.1 Å². The molecule has 1 unspecified atom stereocenters. The third-order valence-electron chi connectivity index (χ3n) is 5.32. The van der Waals surface area contributed by atoms with Gasteiger partial charge in [-0.25, -0.2) is 0 Å². The van der Waals surface area contributed by atoms with E-state index in [2.05, 4.69) is 0 Å². The lowest BCUT2D eigenvalue weighted by molar-refractivity contribution is -0.140. The standard InChI is InChI=1S/C25H28ClNO5/c1-15(2)32-12-6-11-27-22(17-8-5-7-16(3)13-17)21(24(29)25(27)30)23(28)19-14-18(31-4)9-10-20(19)26/h5,7-10,13-15,22,28H,6,11-12H2,1-4H3/b23-21+. The number of aliphatic hydroxyl groups excluding tert-OH is 1. The summed E-state index contributed by atoms with van der Waals surface area (Å²) in [4.78, 5) is 27.6. The number of amides is 1. The molecule has 6 nitrogen and oxygen atoms in total. The van der Waals surface area contributed by atoms with E-state index in [1.54, 1.807) is 18.2 Å². The maximum atomic E-state index is 13.1. The van der Waals surface area contributed by atoms with Crippen molar-refractivity contribution in [3.05, 3.63) is 69.8 Å². The van der Waals surface area contributed by atoms with Gasteiger partial charge in [0.15, 0.2) is 0 Å². The van der Waals surface area contributed by atoms with Crippen LogP contribution in [0.5, 0.6) is 5.75 Å². The molecular formula is C25H28ClNO5. The van der Waals surface area contributed by atoms with Crippen LogP contribution < -0.4 is 4.74 Å². The van der Waals surface area contributed by atoms with Crippen LogP contribution in [0.2, 0.25) is 5.02 Å². The van der Waals surface area contributed by atoms with Gasteiger partial charge in [-0.2, -0.15) is 0 Å². The molecule has 1 aliphatic heterocycles. The molecule has 0 saturated carbocycles. The highest BCUT2D eigenvalue weighted by molar-refractivity contribution is 6.47. The van der Waals surface area contributed by atoms with Gasteiger partial charge in [-0.15, -0.1) is 0 Å². The Labute approximate surface area is 193 Å². The first-order valence-corrected chi connectivity index (χ1v) is 10.9. The van der Waals surface area contributed by atoms with Crippen molar-refractivity contribution in [2.24, 2.45) is 0 Å². The molecule has 0 bridgehead atoms. The van der Waals surface area contributed by atoms with Gasteiger partial charge in [0.1, 0.15) is 11.5 Å². The fraction of sp³-hybridized carbons (Fsp3) is 0.360. The van der Waals surface area contributed by atoms with Crippen molar-refractivity contribution in [2.45, 2.75) is 39.3 Å². The van der Waals surface area contributed by atoms with E-state index in [9.17, 15) is 14.7 Å². The van der Waals surface area contributed by atoms with Crippen molar-refractivity contribution in [1.82, 2.24) is 4.90 Å². The molecule has 0 spiro atoms. The molecule has 0 radical (unpaired) electrons. The van der Waals surface area contributed by atoms with Gasteiger partial charge < -0.3 is 19.5 Å². The zero-order valence-corrected chi connectivity index (χ0v) is 19.5. The van der Waals surface area contributed by atoms with Crippen molar-refractivity contribution < 1.29 is 24.2 Å². The Morgan fingerprint density at radius 3 is 2.59 bits per heavy atom. The van der Waals surface area contributed by atoms with Crippen LogP contribution in [0.15, 0.2) is 48.0 Å². The highest BCUT2D eigenvalue weighted by Gasteiger charge is 2.46. The minimum atomic E-state index is -0.738. The number of methoxy groups -OCH3 is 1. The second-order valence-electron chi connectivity index (χ2n) is 8.03. The van der Waals surface area contributed by atoms with Crippen LogP contribution in [-0.2, 0) is 14.3 Å². The van der Waals surface area contributed by atoms with Crippen LogP contribution in [0.25, 0.3) is 5.76 Å². The highest BCUT2D eigenvalue weighted by Crippen LogP contribution is 2.41. The molecule has 1 fully saturated rings. The fourth-order valence-corrected chi connectivity index (χ4v) is 4.02. The lowest BCUT2D eigenvalue weighted by Gasteiger charge is -2.26. The summed E-state index contributed by atoms with van der Waals surface area (Å²) in [6.07, 6.45) is 0.640. The first-order valence-electron chi connectivity index (χ1n) is 10.5. The van der Waals surface area contributed by atoms with E-state index in [0.29, 0.717) is 25.3 Å². The number of aryl methyl sites for hydroxylation is 1. The SMILES string of the molecule is COc1ccc(Cl)c(/C(O)=C2\C(=O)C(=O)N(CCCOC(C)C)C2c2cccc(C)c2)c1. The van der Waals surface area contributed by atoms with E-state index in [1.807, 2.05) is 45.0 Å². The van der Waals surface area contributed by atoms with Crippen molar-refractivity contribution in [3.63, 3.8) is 0 Å². The quantitative estimate of drug-likeness (QED) is 0.264. The summed E-state index contributed by atoms with van der Waals surface area (Å²) in [6, 6.07) is 11.6. The number of likely N-dealkylation sites (tertiary alicyclic amines) is 1. The summed E-state index contributed by atoms with van der Waals surface area (Å²) in [5.74, 6) is -1.23. The number of benzene rings is 2. The van der Waals surface area contributed by atoms with Gasteiger partial charge in [-0.3, -0.25) is 9.59 Å². The summed E-state index contributed by atoms with van der Waals surface area (Å²) < 4.78 is 10.8. The Morgan fingerprint density at radius 2 is 1.94 bits per heavy atom. The molecule has 3 rings (SSSR count).